The van der Waals surface area contributed by atoms with Crippen LogP contribution in [0.25, 0.3) is 0 Å². The molecule has 1 fully saturated rings. The van der Waals surface area contributed by atoms with Gasteiger partial charge in [-0.1, -0.05) is 43.0 Å². The van der Waals surface area contributed by atoms with Gasteiger partial charge in [0.2, 0.25) is 5.91 Å². The van der Waals surface area contributed by atoms with Crippen LogP contribution in [-0.2, 0) is 4.79 Å². The third-order valence-corrected chi connectivity index (χ3v) is 4.13. The van der Waals surface area contributed by atoms with Crippen LogP contribution in [0.2, 0.25) is 5.02 Å². The summed E-state index contributed by atoms with van der Waals surface area (Å²) in [5.41, 5.74) is 6.53. The number of nitrogens with one attached hydrogen (secondary N) is 1. The van der Waals surface area contributed by atoms with E-state index < -0.39 is 5.54 Å². The van der Waals surface area contributed by atoms with Gasteiger partial charge in [-0.25, -0.2) is 0 Å². The molecule has 0 bridgehead atoms. The van der Waals surface area contributed by atoms with Crippen LogP contribution in [-0.4, -0.2) is 11.4 Å². The molecular formula is C15H21ClN2O. The number of hydrogen-bond donors (Lipinski definition) is 2. The summed E-state index contributed by atoms with van der Waals surface area (Å²) in [5, 5.41) is 3.69. The molecule has 1 aromatic carbocycles. The average Bonchev–Trinajstić information content (AvgIpc) is 2.39. The van der Waals surface area contributed by atoms with Gasteiger partial charge in [-0.3, -0.25) is 4.79 Å². The highest BCUT2D eigenvalue weighted by atomic mass is 35.5. The number of benzene rings is 1. The quantitative estimate of drug-likeness (QED) is 0.893. The number of hydrogen-bond acceptors (Lipinski definition) is 2. The van der Waals surface area contributed by atoms with E-state index in [1.54, 1.807) is 0 Å². The lowest BCUT2D eigenvalue weighted by atomic mass is 9.81. The monoisotopic (exact) mass is 280 g/mol. The molecule has 3 N–H and O–H groups in total. The lowest BCUT2D eigenvalue weighted by Crippen LogP contribution is -2.55. The second-order valence-corrected chi connectivity index (χ2v) is 5.90. The standard InChI is InChI=1S/C15H21ClN2O/c1-11(12-6-5-7-13(16)10-12)18-14(19)15(17)8-3-2-4-9-15/h5-7,10-11H,2-4,8-9,17H2,1H3,(H,18,19). The highest BCUT2D eigenvalue weighted by molar-refractivity contribution is 6.30. The van der Waals surface area contributed by atoms with Crippen LogP contribution in [0, 0.1) is 0 Å². The number of amides is 1. The summed E-state index contributed by atoms with van der Waals surface area (Å²) in [6, 6.07) is 7.47. The first-order valence-corrected chi connectivity index (χ1v) is 7.24. The topological polar surface area (TPSA) is 55.1 Å². The third-order valence-electron chi connectivity index (χ3n) is 3.89. The van der Waals surface area contributed by atoms with Gasteiger partial charge < -0.3 is 11.1 Å². The third kappa shape index (κ3) is 3.48. The molecule has 1 aliphatic rings. The maximum Gasteiger partial charge on any atom is 0.240 e. The molecule has 4 heteroatoms. The van der Waals surface area contributed by atoms with Crippen molar-refractivity contribution >= 4 is 17.5 Å². The van der Waals surface area contributed by atoms with Crippen molar-refractivity contribution in [2.45, 2.75) is 50.6 Å². The molecule has 0 aliphatic heterocycles. The lowest BCUT2D eigenvalue weighted by Gasteiger charge is -2.33. The number of halogens is 1. The van der Waals surface area contributed by atoms with Gasteiger partial charge in [0.15, 0.2) is 0 Å². The largest absolute Gasteiger partial charge is 0.348 e. The Kier molecular flexibility index (Phi) is 4.48. The zero-order valence-corrected chi connectivity index (χ0v) is 12.0. The molecular weight excluding hydrogens is 260 g/mol. The van der Waals surface area contributed by atoms with Gasteiger partial charge in [0, 0.05) is 5.02 Å². The van der Waals surface area contributed by atoms with E-state index in [1.165, 1.54) is 6.42 Å². The van der Waals surface area contributed by atoms with Crippen LogP contribution in [0.5, 0.6) is 0 Å². The Morgan fingerprint density at radius 2 is 2.05 bits per heavy atom. The minimum Gasteiger partial charge on any atom is -0.348 e. The van der Waals surface area contributed by atoms with Gasteiger partial charge in [-0.05, 0) is 37.5 Å². The molecule has 3 nitrogen and oxygen atoms in total. The second-order valence-electron chi connectivity index (χ2n) is 5.47. The molecule has 2 rings (SSSR count). The highest BCUT2D eigenvalue weighted by Gasteiger charge is 2.35. The van der Waals surface area contributed by atoms with Crippen LogP contribution in [0.3, 0.4) is 0 Å². The first kappa shape index (κ1) is 14.4. The molecule has 0 heterocycles. The molecule has 0 aromatic heterocycles. The van der Waals surface area contributed by atoms with E-state index in [4.69, 9.17) is 17.3 Å². The molecule has 1 atom stereocenters. The molecule has 1 amide bonds. The Morgan fingerprint density at radius 3 is 2.68 bits per heavy atom. The van der Waals surface area contributed by atoms with Gasteiger partial charge in [0.1, 0.15) is 0 Å². The lowest BCUT2D eigenvalue weighted by molar-refractivity contribution is -0.128. The molecule has 19 heavy (non-hydrogen) atoms. The van der Waals surface area contributed by atoms with Crippen LogP contribution in [0.1, 0.15) is 50.6 Å². The summed E-state index contributed by atoms with van der Waals surface area (Å²) in [7, 11) is 0. The summed E-state index contributed by atoms with van der Waals surface area (Å²) < 4.78 is 0. The predicted molar refractivity (Wildman–Crippen MR) is 78.0 cm³/mol. The van der Waals surface area contributed by atoms with Crippen molar-refractivity contribution in [2.24, 2.45) is 5.73 Å². The Hall–Kier alpha value is -1.06. The number of rotatable bonds is 3. The Bertz CT molecular complexity index is 455. The van der Waals surface area contributed by atoms with Crippen molar-refractivity contribution in [3.8, 4) is 0 Å². The van der Waals surface area contributed by atoms with Gasteiger partial charge >= 0.3 is 0 Å². The van der Waals surface area contributed by atoms with Gasteiger partial charge in [-0.15, -0.1) is 0 Å². The van der Waals surface area contributed by atoms with E-state index in [1.807, 2.05) is 31.2 Å². The summed E-state index contributed by atoms with van der Waals surface area (Å²) in [6.07, 6.45) is 4.81. The smallest absolute Gasteiger partial charge is 0.240 e. The second kappa shape index (κ2) is 5.93. The SMILES string of the molecule is CC(NC(=O)C1(N)CCCCC1)c1cccc(Cl)c1. The summed E-state index contributed by atoms with van der Waals surface area (Å²) in [5.74, 6) is -0.0420. The zero-order chi connectivity index (χ0) is 13.9. The molecule has 1 saturated carbocycles. The number of carbonyl (C=O) groups is 1. The predicted octanol–water partition coefficient (Wildman–Crippen LogP) is 3.18. The Labute approximate surface area is 119 Å². The van der Waals surface area contributed by atoms with E-state index in [0.717, 1.165) is 31.2 Å². The van der Waals surface area contributed by atoms with Gasteiger partial charge in [0.25, 0.3) is 0 Å². The minimum atomic E-state index is -0.689. The molecule has 1 unspecified atom stereocenters. The van der Waals surface area contributed by atoms with E-state index in [0.29, 0.717) is 5.02 Å². The van der Waals surface area contributed by atoms with Crippen LogP contribution < -0.4 is 11.1 Å². The molecule has 104 valence electrons. The Morgan fingerprint density at radius 1 is 1.37 bits per heavy atom. The van der Waals surface area contributed by atoms with Crippen LogP contribution in [0.4, 0.5) is 0 Å². The van der Waals surface area contributed by atoms with E-state index in [2.05, 4.69) is 5.32 Å². The van der Waals surface area contributed by atoms with E-state index in [-0.39, 0.29) is 11.9 Å². The van der Waals surface area contributed by atoms with E-state index in [9.17, 15) is 4.79 Å². The fourth-order valence-corrected chi connectivity index (χ4v) is 2.81. The van der Waals surface area contributed by atoms with Crippen LogP contribution in [0.15, 0.2) is 24.3 Å². The molecule has 0 spiro atoms. The van der Waals surface area contributed by atoms with E-state index >= 15 is 0 Å². The summed E-state index contributed by atoms with van der Waals surface area (Å²) >= 11 is 5.96. The highest BCUT2D eigenvalue weighted by Crippen LogP contribution is 2.27. The first-order chi connectivity index (χ1) is 9.01. The Balaban J connectivity index is 2.02. The zero-order valence-electron chi connectivity index (χ0n) is 11.3. The first-order valence-electron chi connectivity index (χ1n) is 6.86. The van der Waals surface area contributed by atoms with Crippen molar-refractivity contribution in [1.29, 1.82) is 0 Å². The van der Waals surface area contributed by atoms with Crippen LogP contribution >= 0.6 is 11.6 Å². The van der Waals surface area contributed by atoms with Crippen molar-refractivity contribution in [2.75, 3.05) is 0 Å². The van der Waals surface area contributed by atoms with Gasteiger partial charge in [0.05, 0.1) is 11.6 Å². The fourth-order valence-electron chi connectivity index (χ4n) is 2.61. The number of nitrogens with two attached hydrogens (primary N) is 1. The van der Waals surface area contributed by atoms with Crippen molar-refractivity contribution in [3.63, 3.8) is 0 Å². The van der Waals surface area contributed by atoms with Gasteiger partial charge in [-0.2, -0.15) is 0 Å². The fraction of sp³-hybridized carbons (Fsp3) is 0.533. The van der Waals surface area contributed by atoms with Crippen molar-refractivity contribution in [3.05, 3.63) is 34.9 Å². The van der Waals surface area contributed by atoms with Crippen molar-refractivity contribution < 1.29 is 4.79 Å². The number of carbonyl (C=O) groups excluding carboxylic acids is 1. The van der Waals surface area contributed by atoms with Crippen molar-refractivity contribution in [1.82, 2.24) is 5.32 Å². The summed E-state index contributed by atoms with van der Waals surface area (Å²) in [4.78, 5) is 12.3. The minimum absolute atomic E-state index is 0.0420. The molecule has 1 aromatic rings. The summed E-state index contributed by atoms with van der Waals surface area (Å²) in [6.45, 7) is 1.95. The molecule has 1 aliphatic carbocycles. The molecule has 0 saturated heterocycles. The maximum absolute atomic E-state index is 12.3. The normalized spacial score (nSPS) is 19.7. The average molecular weight is 281 g/mol. The maximum atomic E-state index is 12.3. The molecule has 0 radical (unpaired) electrons.